The van der Waals surface area contributed by atoms with Gasteiger partial charge < -0.3 is 10.1 Å². The Kier molecular flexibility index (Phi) is 6.19. The minimum atomic E-state index is -3.66. The second kappa shape index (κ2) is 8.79. The van der Waals surface area contributed by atoms with Crippen molar-refractivity contribution in [1.82, 2.24) is 0 Å². The monoisotopic (exact) mass is 410 g/mol. The van der Waals surface area contributed by atoms with Crippen LogP contribution >= 0.6 is 0 Å². The lowest BCUT2D eigenvalue weighted by Crippen LogP contribution is -2.26. The van der Waals surface area contributed by atoms with Gasteiger partial charge in [0.1, 0.15) is 5.75 Å². The molecule has 3 rings (SSSR count). The molecule has 0 saturated heterocycles. The fourth-order valence-electron chi connectivity index (χ4n) is 2.74. The van der Waals surface area contributed by atoms with Crippen LogP contribution in [0.1, 0.15) is 10.4 Å². The van der Waals surface area contributed by atoms with E-state index in [4.69, 9.17) is 4.74 Å². The number of ether oxygens (including phenoxy) is 1. The van der Waals surface area contributed by atoms with Gasteiger partial charge in [-0.2, -0.15) is 0 Å². The number of anilines is 2. The number of carbonyl (C=O) groups is 1. The van der Waals surface area contributed by atoms with Gasteiger partial charge in [-0.25, -0.2) is 8.42 Å². The second-order valence-corrected chi connectivity index (χ2v) is 8.31. The van der Waals surface area contributed by atoms with E-state index >= 15 is 0 Å². The molecule has 6 nitrogen and oxygen atoms in total. The molecule has 3 aromatic carbocycles. The van der Waals surface area contributed by atoms with Crippen molar-refractivity contribution in [2.75, 3.05) is 30.3 Å². The molecule has 0 unspecified atom stereocenters. The van der Waals surface area contributed by atoms with Gasteiger partial charge in [-0.3, -0.25) is 9.10 Å². The zero-order valence-electron chi connectivity index (χ0n) is 16.2. The fraction of sp³-hybridized carbons (Fsp3) is 0.136. The average molecular weight is 410 g/mol. The van der Waals surface area contributed by atoms with Crippen LogP contribution in [0.5, 0.6) is 5.75 Å². The number of carbonyl (C=O) groups excluding carboxylic acids is 1. The van der Waals surface area contributed by atoms with E-state index in [0.717, 1.165) is 0 Å². The number of rotatable bonds is 8. The number of Topliss-reactive ketones (excluding diaryl/α,β-unsaturated/α-hetero) is 1. The Bertz CT molecular complexity index is 1060. The number of methoxy groups -OCH3 is 1. The van der Waals surface area contributed by atoms with Crippen LogP contribution in [0.2, 0.25) is 0 Å². The van der Waals surface area contributed by atoms with Crippen molar-refractivity contribution in [1.29, 1.82) is 0 Å². The molecule has 0 saturated carbocycles. The smallest absolute Gasteiger partial charge is 0.264 e. The highest BCUT2D eigenvalue weighted by atomic mass is 32.2. The highest BCUT2D eigenvalue weighted by molar-refractivity contribution is 7.92. The predicted octanol–water partition coefficient (Wildman–Crippen LogP) is 3.82. The largest absolute Gasteiger partial charge is 0.497 e. The van der Waals surface area contributed by atoms with Crippen LogP contribution in [-0.2, 0) is 10.0 Å². The van der Waals surface area contributed by atoms with Crippen molar-refractivity contribution in [3.8, 4) is 5.75 Å². The van der Waals surface area contributed by atoms with Crippen LogP contribution in [0, 0.1) is 0 Å². The van der Waals surface area contributed by atoms with Gasteiger partial charge in [0.2, 0.25) is 0 Å². The van der Waals surface area contributed by atoms with Gasteiger partial charge in [0.15, 0.2) is 5.78 Å². The maximum atomic E-state index is 12.8. The molecule has 1 N–H and O–H groups in total. The topological polar surface area (TPSA) is 75.7 Å². The van der Waals surface area contributed by atoms with Crippen LogP contribution in [0.4, 0.5) is 11.4 Å². The van der Waals surface area contributed by atoms with E-state index < -0.39 is 10.0 Å². The number of nitrogens with zero attached hydrogens (tertiary/aromatic N) is 1. The number of para-hydroxylation sites is 1. The number of benzene rings is 3. The van der Waals surface area contributed by atoms with Gasteiger partial charge in [-0.1, -0.05) is 18.2 Å². The number of sulfonamides is 1. The SMILES string of the molecule is COc1ccc(C(=O)CNc2ccc(S(=O)(=O)N(C)c3ccccc3)cc2)cc1. The molecule has 0 amide bonds. The van der Waals surface area contributed by atoms with Crippen molar-refractivity contribution in [3.05, 3.63) is 84.4 Å². The molecule has 150 valence electrons. The Morgan fingerprint density at radius 3 is 2.14 bits per heavy atom. The highest BCUT2D eigenvalue weighted by Crippen LogP contribution is 2.23. The lowest BCUT2D eigenvalue weighted by atomic mass is 10.1. The lowest BCUT2D eigenvalue weighted by molar-refractivity contribution is 0.101. The molecule has 29 heavy (non-hydrogen) atoms. The minimum Gasteiger partial charge on any atom is -0.497 e. The van der Waals surface area contributed by atoms with Crippen molar-refractivity contribution in [2.24, 2.45) is 0 Å². The third-order valence-corrected chi connectivity index (χ3v) is 6.30. The van der Waals surface area contributed by atoms with Gasteiger partial charge in [0.25, 0.3) is 10.0 Å². The van der Waals surface area contributed by atoms with E-state index in [1.165, 1.54) is 23.5 Å². The molecule has 0 aromatic heterocycles. The summed E-state index contributed by atoms with van der Waals surface area (Å²) in [5.74, 6) is 0.611. The average Bonchev–Trinajstić information content (AvgIpc) is 2.77. The van der Waals surface area contributed by atoms with Crippen LogP contribution < -0.4 is 14.4 Å². The van der Waals surface area contributed by atoms with Crippen molar-refractivity contribution < 1.29 is 17.9 Å². The van der Waals surface area contributed by atoms with Crippen LogP contribution in [0.15, 0.2) is 83.8 Å². The van der Waals surface area contributed by atoms with E-state index in [2.05, 4.69) is 5.32 Å². The number of hydrogen-bond acceptors (Lipinski definition) is 5. The summed E-state index contributed by atoms with van der Waals surface area (Å²) in [5.41, 5.74) is 1.81. The summed E-state index contributed by atoms with van der Waals surface area (Å²) in [4.78, 5) is 12.5. The molecule has 0 fully saturated rings. The standard InChI is InChI=1S/C22H22N2O4S/c1-24(19-6-4-3-5-7-19)29(26,27)21-14-10-18(11-15-21)23-16-22(25)17-8-12-20(28-2)13-9-17/h3-15,23H,16H2,1-2H3. The molecular weight excluding hydrogens is 388 g/mol. The van der Waals surface area contributed by atoms with Crippen LogP contribution in [0.25, 0.3) is 0 Å². The van der Waals surface area contributed by atoms with Crippen LogP contribution in [-0.4, -0.2) is 34.9 Å². The maximum absolute atomic E-state index is 12.8. The van der Waals surface area contributed by atoms with Crippen LogP contribution in [0.3, 0.4) is 0 Å². The molecule has 0 radical (unpaired) electrons. The fourth-order valence-corrected chi connectivity index (χ4v) is 3.94. The molecule has 0 heterocycles. The molecular formula is C22H22N2O4S. The zero-order chi connectivity index (χ0) is 20.9. The van der Waals surface area contributed by atoms with Crippen molar-refractivity contribution in [3.63, 3.8) is 0 Å². The summed E-state index contributed by atoms with van der Waals surface area (Å²) in [7, 11) is -0.575. The van der Waals surface area contributed by atoms with E-state index in [-0.39, 0.29) is 17.2 Å². The van der Waals surface area contributed by atoms with E-state index in [0.29, 0.717) is 22.7 Å². The summed E-state index contributed by atoms with van der Waals surface area (Å²) in [6, 6.07) is 22.1. The molecule has 7 heteroatoms. The summed E-state index contributed by atoms with van der Waals surface area (Å²) >= 11 is 0. The normalized spacial score (nSPS) is 11.0. The molecule has 3 aromatic rings. The summed E-state index contributed by atoms with van der Waals surface area (Å²) in [6.07, 6.45) is 0. The first-order chi connectivity index (χ1) is 13.9. The Morgan fingerprint density at radius 2 is 1.55 bits per heavy atom. The summed E-state index contributed by atoms with van der Waals surface area (Å²) in [6.45, 7) is 0.0995. The molecule has 0 atom stereocenters. The quantitative estimate of drug-likeness (QED) is 0.572. The first-order valence-corrected chi connectivity index (χ1v) is 10.4. The molecule has 0 aliphatic heterocycles. The third-order valence-electron chi connectivity index (χ3n) is 4.50. The van der Waals surface area contributed by atoms with Gasteiger partial charge in [-0.15, -0.1) is 0 Å². The first kappa shape index (κ1) is 20.4. The van der Waals surface area contributed by atoms with E-state index in [9.17, 15) is 13.2 Å². The maximum Gasteiger partial charge on any atom is 0.264 e. The molecule has 0 bridgehead atoms. The Labute approximate surface area is 170 Å². The van der Waals surface area contributed by atoms with E-state index in [1.807, 2.05) is 6.07 Å². The zero-order valence-corrected chi connectivity index (χ0v) is 17.0. The molecule has 0 aliphatic rings. The Balaban J connectivity index is 1.65. The van der Waals surface area contributed by atoms with E-state index in [1.54, 1.807) is 67.8 Å². The summed E-state index contributed by atoms with van der Waals surface area (Å²) in [5, 5.41) is 3.02. The summed E-state index contributed by atoms with van der Waals surface area (Å²) < 4.78 is 31.9. The van der Waals surface area contributed by atoms with Gasteiger partial charge >= 0.3 is 0 Å². The first-order valence-electron chi connectivity index (χ1n) is 8.97. The molecule has 0 spiro atoms. The van der Waals surface area contributed by atoms with Crippen molar-refractivity contribution >= 4 is 27.2 Å². The predicted molar refractivity (Wildman–Crippen MR) is 114 cm³/mol. The van der Waals surface area contributed by atoms with Gasteiger partial charge in [0, 0.05) is 18.3 Å². The number of ketones is 1. The van der Waals surface area contributed by atoms with Gasteiger partial charge in [-0.05, 0) is 60.7 Å². The Hall–Kier alpha value is -3.32. The molecule has 0 aliphatic carbocycles. The third kappa shape index (κ3) is 4.75. The van der Waals surface area contributed by atoms with Gasteiger partial charge in [0.05, 0.1) is 24.2 Å². The number of nitrogens with one attached hydrogen (secondary N) is 1. The highest BCUT2D eigenvalue weighted by Gasteiger charge is 2.21. The lowest BCUT2D eigenvalue weighted by Gasteiger charge is -2.19. The second-order valence-electron chi connectivity index (χ2n) is 6.34. The number of hydrogen-bond donors (Lipinski definition) is 1. The Morgan fingerprint density at radius 1 is 0.931 bits per heavy atom. The van der Waals surface area contributed by atoms with Crippen molar-refractivity contribution in [2.45, 2.75) is 4.90 Å². The minimum absolute atomic E-state index is 0.0758.